The highest BCUT2D eigenvalue weighted by Gasteiger charge is 2.25. The van der Waals surface area contributed by atoms with Gasteiger partial charge in [-0.15, -0.1) is 0 Å². The van der Waals surface area contributed by atoms with Crippen LogP contribution in [0.2, 0.25) is 0 Å². The lowest BCUT2D eigenvalue weighted by atomic mass is 10.1. The highest BCUT2D eigenvalue weighted by Crippen LogP contribution is 2.24. The molecule has 1 aliphatic rings. The third-order valence-electron chi connectivity index (χ3n) is 4.37. The maximum atomic E-state index is 12.9. The van der Waals surface area contributed by atoms with E-state index in [1.807, 2.05) is 24.8 Å². The summed E-state index contributed by atoms with van der Waals surface area (Å²) in [7, 11) is 0. The van der Waals surface area contributed by atoms with Gasteiger partial charge in [-0.1, -0.05) is 19.0 Å². The van der Waals surface area contributed by atoms with Crippen LogP contribution in [-0.2, 0) is 6.42 Å². The van der Waals surface area contributed by atoms with E-state index in [0.29, 0.717) is 11.3 Å². The average molecular weight is 302 g/mol. The zero-order valence-electron chi connectivity index (χ0n) is 13.4. The van der Waals surface area contributed by atoms with Crippen molar-refractivity contribution >= 4 is 17.0 Å². The van der Waals surface area contributed by atoms with Crippen molar-refractivity contribution in [2.24, 2.45) is 0 Å². The summed E-state index contributed by atoms with van der Waals surface area (Å²) in [6, 6.07) is 1.89. The van der Waals surface area contributed by atoms with Gasteiger partial charge in [0.25, 0.3) is 11.6 Å². The lowest BCUT2D eigenvalue weighted by Crippen LogP contribution is -2.48. The molecule has 6 heteroatoms. The molecule has 1 saturated heterocycles. The number of rotatable bonds is 3. The molecule has 0 aliphatic carbocycles. The predicted octanol–water partition coefficient (Wildman–Crippen LogP) is 1.87. The van der Waals surface area contributed by atoms with Crippen molar-refractivity contribution in [3.8, 4) is 0 Å². The Hall–Kier alpha value is -1.95. The zero-order valence-corrected chi connectivity index (χ0v) is 13.4. The molecule has 3 heterocycles. The number of aryl methyl sites for hydroxylation is 2. The number of carbonyl (C=O) groups excluding carboxylic acids is 1. The van der Waals surface area contributed by atoms with Crippen LogP contribution in [0.4, 0.5) is 0 Å². The second-order valence-corrected chi connectivity index (χ2v) is 5.69. The first-order valence-electron chi connectivity index (χ1n) is 7.91. The number of hydrogen-bond donors (Lipinski definition) is 0. The van der Waals surface area contributed by atoms with Crippen LogP contribution in [-0.4, -0.2) is 58.6 Å². The van der Waals surface area contributed by atoms with Gasteiger partial charge in [0, 0.05) is 31.9 Å². The van der Waals surface area contributed by atoms with Crippen molar-refractivity contribution in [1.82, 2.24) is 19.9 Å². The molecule has 1 amide bonds. The third-order valence-corrected chi connectivity index (χ3v) is 4.37. The molecule has 3 rings (SSSR count). The minimum Gasteiger partial charge on any atom is -0.336 e. The number of aromatic nitrogens is 2. The van der Waals surface area contributed by atoms with Crippen LogP contribution in [0.15, 0.2) is 10.6 Å². The van der Waals surface area contributed by atoms with Crippen LogP contribution in [0.1, 0.15) is 35.6 Å². The Morgan fingerprint density at radius 3 is 2.64 bits per heavy atom. The number of hydrogen-bond acceptors (Lipinski definition) is 5. The van der Waals surface area contributed by atoms with Gasteiger partial charge < -0.3 is 14.3 Å². The van der Waals surface area contributed by atoms with Crippen molar-refractivity contribution < 1.29 is 9.32 Å². The fourth-order valence-corrected chi connectivity index (χ4v) is 2.93. The summed E-state index contributed by atoms with van der Waals surface area (Å²) >= 11 is 0. The number of piperazine rings is 1. The fraction of sp³-hybridized carbons (Fsp3) is 0.562. The summed E-state index contributed by atoms with van der Waals surface area (Å²) in [5, 5.41) is 4.72. The van der Waals surface area contributed by atoms with Crippen molar-refractivity contribution in [1.29, 1.82) is 0 Å². The molecular weight excluding hydrogens is 280 g/mol. The first kappa shape index (κ1) is 15.0. The van der Waals surface area contributed by atoms with Gasteiger partial charge in [0.05, 0.1) is 16.6 Å². The number of carbonyl (C=O) groups is 1. The van der Waals surface area contributed by atoms with Crippen LogP contribution < -0.4 is 0 Å². The number of amides is 1. The largest absolute Gasteiger partial charge is 0.336 e. The molecule has 0 atom stereocenters. The Bertz CT molecular complexity index is 687. The zero-order chi connectivity index (χ0) is 15.7. The highest BCUT2D eigenvalue weighted by molar-refractivity contribution is 6.06. The molecule has 22 heavy (non-hydrogen) atoms. The quantitative estimate of drug-likeness (QED) is 0.866. The topological polar surface area (TPSA) is 62.5 Å². The van der Waals surface area contributed by atoms with Gasteiger partial charge in [-0.2, -0.15) is 0 Å². The molecule has 0 unspecified atom stereocenters. The Balaban J connectivity index is 1.95. The molecule has 2 aromatic rings. The van der Waals surface area contributed by atoms with Gasteiger partial charge >= 0.3 is 0 Å². The van der Waals surface area contributed by atoms with Gasteiger partial charge in [0.2, 0.25) is 0 Å². The van der Waals surface area contributed by atoms with E-state index in [0.717, 1.165) is 55.9 Å². The molecule has 0 saturated carbocycles. The first-order chi connectivity index (χ1) is 10.6. The minimum atomic E-state index is 0.0594. The Morgan fingerprint density at radius 1 is 1.27 bits per heavy atom. The first-order valence-corrected chi connectivity index (χ1v) is 7.91. The van der Waals surface area contributed by atoms with Gasteiger partial charge in [-0.25, -0.2) is 4.98 Å². The SMILES string of the molecule is CCc1cc(C(=O)N2CCN(CC)CC2)c2c(C)noc2n1. The van der Waals surface area contributed by atoms with E-state index in [9.17, 15) is 4.79 Å². The van der Waals surface area contributed by atoms with E-state index >= 15 is 0 Å². The summed E-state index contributed by atoms with van der Waals surface area (Å²) in [5.41, 5.74) is 2.72. The molecule has 0 radical (unpaired) electrons. The highest BCUT2D eigenvalue weighted by atomic mass is 16.5. The van der Waals surface area contributed by atoms with Gasteiger partial charge in [0.15, 0.2) is 0 Å². The second-order valence-electron chi connectivity index (χ2n) is 5.69. The Kier molecular flexibility index (Phi) is 4.11. The number of fused-ring (bicyclic) bond motifs is 1. The van der Waals surface area contributed by atoms with E-state index in [1.54, 1.807) is 0 Å². The Morgan fingerprint density at radius 2 is 2.00 bits per heavy atom. The average Bonchev–Trinajstić information content (AvgIpc) is 2.94. The smallest absolute Gasteiger partial charge is 0.258 e. The van der Waals surface area contributed by atoms with Crippen LogP contribution in [0, 0.1) is 6.92 Å². The lowest BCUT2D eigenvalue weighted by Gasteiger charge is -2.34. The molecule has 118 valence electrons. The molecule has 6 nitrogen and oxygen atoms in total. The van der Waals surface area contributed by atoms with Crippen molar-refractivity contribution in [2.75, 3.05) is 32.7 Å². The predicted molar refractivity (Wildman–Crippen MR) is 83.9 cm³/mol. The van der Waals surface area contributed by atoms with E-state index in [1.165, 1.54) is 0 Å². The van der Waals surface area contributed by atoms with E-state index in [-0.39, 0.29) is 5.91 Å². The summed E-state index contributed by atoms with van der Waals surface area (Å²) in [6.07, 6.45) is 0.763. The fourth-order valence-electron chi connectivity index (χ4n) is 2.93. The van der Waals surface area contributed by atoms with Crippen LogP contribution >= 0.6 is 0 Å². The van der Waals surface area contributed by atoms with Crippen LogP contribution in [0.3, 0.4) is 0 Å². The maximum Gasteiger partial charge on any atom is 0.258 e. The molecule has 1 fully saturated rings. The van der Waals surface area contributed by atoms with E-state index in [2.05, 4.69) is 22.0 Å². The number of nitrogens with zero attached hydrogens (tertiary/aromatic N) is 4. The molecule has 0 aromatic carbocycles. The van der Waals surface area contributed by atoms with E-state index in [4.69, 9.17) is 4.52 Å². The van der Waals surface area contributed by atoms with Gasteiger partial charge in [0.1, 0.15) is 0 Å². The van der Waals surface area contributed by atoms with E-state index < -0.39 is 0 Å². The molecular formula is C16H22N4O2. The second kappa shape index (κ2) is 6.04. The molecule has 0 N–H and O–H groups in total. The van der Waals surface area contributed by atoms with Crippen molar-refractivity contribution in [2.45, 2.75) is 27.2 Å². The van der Waals surface area contributed by atoms with Crippen LogP contribution in [0.5, 0.6) is 0 Å². The van der Waals surface area contributed by atoms with Crippen LogP contribution in [0.25, 0.3) is 11.1 Å². The molecule has 2 aromatic heterocycles. The molecule has 0 spiro atoms. The summed E-state index contributed by atoms with van der Waals surface area (Å²) in [5.74, 6) is 0.0594. The third kappa shape index (κ3) is 2.59. The molecule has 0 bridgehead atoms. The normalized spacial score (nSPS) is 16.4. The summed E-state index contributed by atoms with van der Waals surface area (Å²) < 4.78 is 5.26. The van der Waals surface area contributed by atoms with Crippen molar-refractivity contribution in [3.63, 3.8) is 0 Å². The lowest BCUT2D eigenvalue weighted by molar-refractivity contribution is 0.0645. The van der Waals surface area contributed by atoms with Gasteiger partial charge in [-0.05, 0) is 26.0 Å². The number of pyridine rings is 1. The monoisotopic (exact) mass is 302 g/mol. The Labute approximate surface area is 130 Å². The summed E-state index contributed by atoms with van der Waals surface area (Å²) in [4.78, 5) is 21.6. The van der Waals surface area contributed by atoms with Gasteiger partial charge in [-0.3, -0.25) is 4.79 Å². The number of likely N-dealkylation sites (N-methyl/N-ethyl adjacent to an activating group) is 1. The summed E-state index contributed by atoms with van der Waals surface area (Å²) in [6.45, 7) is 10.4. The van der Waals surface area contributed by atoms with Crippen molar-refractivity contribution in [3.05, 3.63) is 23.0 Å². The molecule has 1 aliphatic heterocycles. The minimum absolute atomic E-state index is 0.0594. The maximum absolute atomic E-state index is 12.9. The standard InChI is InChI=1S/C16H22N4O2/c1-4-12-10-13(14-11(3)18-22-15(14)17-12)16(21)20-8-6-19(5-2)7-9-20/h10H,4-9H2,1-3H3.